The molecule has 0 aliphatic carbocycles. The molecule has 5 rings (SSSR count). The summed E-state index contributed by atoms with van der Waals surface area (Å²) in [4.78, 5) is 23.8. The van der Waals surface area contributed by atoms with E-state index in [1.807, 2.05) is 73.1 Å². The molecule has 33 heavy (non-hydrogen) atoms. The molecule has 7 nitrogen and oxygen atoms in total. The Kier molecular flexibility index (Phi) is 5.79. The number of anilines is 1. The van der Waals surface area contributed by atoms with E-state index in [0.717, 1.165) is 27.4 Å². The number of rotatable bonds is 3. The zero-order valence-corrected chi connectivity index (χ0v) is 18.9. The smallest absolute Gasteiger partial charge is 0.313 e. The van der Waals surface area contributed by atoms with Crippen molar-refractivity contribution in [1.29, 1.82) is 0 Å². The molecule has 0 bridgehead atoms. The number of carbonyl (C=O) groups excluding carboxylic acids is 2. The van der Waals surface area contributed by atoms with Crippen molar-refractivity contribution in [2.24, 2.45) is 7.05 Å². The van der Waals surface area contributed by atoms with Gasteiger partial charge in [0.25, 0.3) is 0 Å². The summed E-state index contributed by atoms with van der Waals surface area (Å²) in [6, 6.07) is 19.6. The van der Waals surface area contributed by atoms with Crippen molar-refractivity contribution >= 4 is 39.4 Å². The van der Waals surface area contributed by atoms with Gasteiger partial charge in [0.1, 0.15) is 0 Å². The molecule has 0 saturated heterocycles. The van der Waals surface area contributed by atoms with Gasteiger partial charge in [-0.3, -0.25) is 9.59 Å². The quantitative estimate of drug-likeness (QED) is 0.379. The molecule has 2 aromatic heterocycles. The van der Waals surface area contributed by atoms with Crippen molar-refractivity contribution in [3.05, 3.63) is 77.4 Å². The van der Waals surface area contributed by atoms with Crippen LogP contribution in [0.1, 0.15) is 40.1 Å². The van der Waals surface area contributed by atoms with Crippen molar-refractivity contribution in [3.8, 4) is 11.5 Å². The standard InChI is InChI=1S/C17H15NO2.C9H9N3O/c1-10(19)12-8-9-14-13-6-4-5-7-15(13)18(3)17(14)16(12)11(2)20;1-6-2-4-7(5-3-6)8-11-12-9(10)13-8/h4-9H,1-3H3;2-5H,1H3,(H2,10,12). The molecule has 7 heteroatoms. The first kappa shape index (κ1) is 22.0. The van der Waals surface area contributed by atoms with Gasteiger partial charge in [-0.05, 0) is 45.0 Å². The molecule has 0 unspecified atom stereocenters. The molecule has 0 saturated carbocycles. The topological polar surface area (TPSA) is 104 Å². The first-order valence-corrected chi connectivity index (χ1v) is 10.5. The summed E-state index contributed by atoms with van der Waals surface area (Å²) in [6.07, 6.45) is 0. The predicted molar refractivity (Wildman–Crippen MR) is 129 cm³/mol. The summed E-state index contributed by atoms with van der Waals surface area (Å²) >= 11 is 0. The summed E-state index contributed by atoms with van der Waals surface area (Å²) < 4.78 is 7.06. The van der Waals surface area contributed by atoms with Gasteiger partial charge in [-0.15, -0.1) is 5.10 Å². The van der Waals surface area contributed by atoms with Crippen molar-refractivity contribution < 1.29 is 14.0 Å². The van der Waals surface area contributed by atoms with Gasteiger partial charge in [-0.1, -0.05) is 47.1 Å². The van der Waals surface area contributed by atoms with E-state index in [1.54, 1.807) is 6.07 Å². The third-order valence-corrected chi connectivity index (χ3v) is 5.54. The Balaban J connectivity index is 0.000000172. The zero-order chi connectivity index (χ0) is 23.7. The molecule has 0 aliphatic heterocycles. The van der Waals surface area contributed by atoms with Gasteiger partial charge in [-0.25, -0.2) is 0 Å². The highest BCUT2D eigenvalue weighted by Crippen LogP contribution is 2.32. The number of aryl methyl sites for hydroxylation is 2. The van der Waals surface area contributed by atoms with Crippen molar-refractivity contribution in [2.75, 3.05) is 5.73 Å². The molecule has 2 heterocycles. The van der Waals surface area contributed by atoms with Gasteiger partial charge in [0.15, 0.2) is 11.6 Å². The largest absolute Gasteiger partial charge is 0.404 e. The van der Waals surface area contributed by atoms with E-state index in [9.17, 15) is 9.59 Å². The number of ketones is 2. The summed E-state index contributed by atoms with van der Waals surface area (Å²) in [5, 5.41) is 9.46. The second-order valence-corrected chi connectivity index (χ2v) is 7.88. The normalized spacial score (nSPS) is 10.8. The number of nitrogens with zero attached hydrogens (tertiary/aromatic N) is 3. The molecule has 0 radical (unpaired) electrons. The van der Waals surface area contributed by atoms with Crippen molar-refractivity contribution in [2.45, 2.75) is 20.8 Å². The Bertz CT molecular complexity index is 1490. The zero-order valence-electron chi connectivity index (χ0n) is 18.9. The minimum absolute atomic E-state index is 0.0771. The van der Waals surface area contributed by atoms with Crippen molar-refractivity contribution in [3.63, 3.8) is 0 Å². The number of fused-ring (bicyclic) bond motifs is 3. The van der Waals surface area contributed by atoms with Crippen LogP contribution >= 0.6 is 0 Å². The van der Waals surface area contributed by atoms with Crippen LogP contribution in [0.2, 0.25) is 0 Å². The maximum atomic E-state index is 12.0. The van der Waals surface area contributed by atoms with Gasteiger partial charge >= 0.3 is 6.01 Å². The molecule has 166 valence electrons. The van der Waals surface area contributed by atoms with Crippen LogP contribution in [0, 0.1) is 6.92 Å². The van der Waals surface area contributed by atoms with Crippen molar-refractivity contribution in [1.82, 2.24) is 14.8 Å². The van der Waals surface area contributed by atoms with Crippen LogP contribution in [0.25, 0.3) is 33.3 Å². The number of benzene rings is 3. The number of hydrogen-bond acceptors (Lipinski definition) is 6. The molecule has 5 aromatic rings. The van der Waals surface area contributed by atoms with Crippen LogP contribution in [0.3, 0.4) is 0 Å². The van der Waals surface area contributed by atoms with Gasteiger partial charge < -0.3 is 14.7 Å². The van der Waals surface area contributed by atoms with Gasteiger partial charge in [-0.2, -0.15) is 0 Å². The Hall–Kier alpha value is -4.26. The molecular weight excluding hydrogens is 416 g/mol. The molecule has 0 spiro atoms. The van der Waals surface area contributed by atoms with Crippen LogP contribution in [-0.4, -0.2) is 26.3 Å². The monoisotopic (exact) mass is 440 g/mol. The van der Waals surface area contributed by atoms with Crippen LogP contribution in [0.4, 0.5) is 6.01 Å². The molecular formula is C26H24N4O3. The highest BCUT2D eigenvalue weighted by molar-refractivity contribution is 6.20. The summed E-state index contributed by atoms with van der Waals surface area (Å²) in [6.45, 7) is 5.03. The van der Waals surface area contributed by atoms with Crippen LogP contribution in [-0.2, 0) is 7.05 Å². The molecule has 0 atom stereocenters. The maximum absolute atomic E-state index is 12.0. The lowest BCUT2D eigenvalue weighted by atomic mass is 9.98. The highest BCUT2D eigenvalue weighted by Gasteiger charge is 2.19. The number of nitrogen functional groups attached to an aromatic ring is 1. The number of hydrogen-bond donors (Lipinski definition) is 1. The number of Topliss-reactive ketones (excluding diaryl/α,β-unsaturated/α-hetero) is 2. The molecule has 3 aromatic carbocycles. The van der Waals surface area contributed by atoms with E-state index in [2.05, 4.69) is 10.2 Å². The molecule has 0 amide bonds. The number of nitrogens with two attached hydrogens (primary N) is 1. The maximum Gasteiger partial charge on any atom is 0.313 e. The summed E-state index contributed by atoms with van der Waals surface area (Å²) in [7, 11) is 1.93. The lowest BCUT2D eigenvalue weighted by Crippen LogP contribution is -2.06. The third-order valence-electron chi connectivity index (χ3n) is 5.54. The lowest BCUT2D eigenvalue weighted by Gasteiger charge is -2.08. The summed E-state index contributed by atoms with van der Waals surface area (Å²) in [5.41, 5.74) is 10.3. The predicted octanol–water partition coefficient (Wildman–Crippen LogP) is 5.36. The number of aromatic nitrogens is 3. The average Bonchev–Trinajstić information content (AvgIpc) is 3.36. The van der Waals surface area contributed by atoms with Crippen LogP contribution < -0.4 is 5.73 Å². The van der Waals surface area contributed by atoms with Gasteiger partial charge in [0.05, 0.1) is 11.1 Å². The third kappa shape index (κ3) is 4.13. The molecule has 2 N–H and O–H groups in total. The number of para-hydroxylation sites is 1. The van der Waals surface area contributed by atoms with E-state index < -0.39 is 0 Å². The fraction of sp³-hybridized carbons (Fsp3) is 0.154. The van der Waals surface area contributed by atoms with E-state index in [4.69, 9.17) is 10.2 Å². The second kappa shape index (κ2) is 8.70. The van der Waals surface area contributed by atoms with E-state index in [-0.39, 0.29) is 17.6 Å². The van der Waals surface area contributed by atoms with Crippen LogP contribution in [0.5, 0.6) is 0 Å². The Morgan fingerprint density at radius 1 is 0.879 bits per heavy atom. The van der Waals surface area contributed by atoms with Gasteiger partial charge in [0, 0.05) is 34.5 Å². The van der Waals surface area contributed by atoms with E-state index in [1.165, 1.54) is 19.4 Å². The Morgan fingerprint density at radius 3 is 2.18 bits per heavy atom. The van der Waals surface area contributed by atoms with E-state index in [0.29, 0.717) is 17.0 Å². The van der Waals surface area contributed by atoms with Crippen LogP contribution in [0.15, 0.2) is 65.1 Å². The Labute approximate surface area is 190 Å². The number of carbonyl (C=O) groups is 2. The average molecular weight is 441 g/mol. The molecule has 0 fully saturated rings. The van der Waals surface area contributed by atoms with E-state index >= 15 is 0 Å². The second-order valence-electron chi connectivity index (χ2n) is 7.88. The SMILES string of the molecule is CC(=O)c1ccc2c3ccccc3n(C)c2c1C(C)=O.Cc1ccc(-c2nnc(N)o2)cc1. The lowest BCUT2D eigenvalue weighted by molar-refractivity contribution is 0.0982. The first-order valence-electron chi connectivity index (χ1n) is 10.5. The highest BCUT2D eigenvalue weighted by atomic mass is 16.4. The minimum atomic E-state index is -0.0812. The first-order chi connectivity index (χ1) is 15.8. The fourth-order valence-electron chi connectivity index (χ4n) is 3.97. The van der Waals surface area contributed by atoms with Gasteiger partial charge in [0.2, 0.25) is 5.89 Å². The molecule has 0 aliphatic rings. The summed E-state index contributed by atoms with van der Waals surface area (Å²) in [5.74, 6) is 0.298. The Morgan fingerprint density at radius 2 is 1.58 bits per heavy atom. The minimum Gasteiger partial charge on any atom is -0.404 e. The fourth-order valence-corrected chi connectivity index (χ4v) is 3.97.